The number of H-pyrrole nitrogens is 1. The van der Waals surface area contributed by atoms with Crippen LogP contribution in [-0.2, 0) is 0 Å². The average Bonchev–Trinajstić information content (AvgIpc) is 2.83. The van der Waals surface area contributed by atoms with Crippen molar-refractivity contribution in [2.75, 3.05) is 12.8 Å². The van der Waals surface area contributed by atoms with Gasteiger partial charge in [-0.15, -0.1) is 10.2 Å². The zero-order valence-corrected chi connectivity index (χ0v) is 9.71. The summed E-state index contributed by atoms with van der Waals surface area (Å²) in [5.74, 6) is 0.938. The van der Waals surface area contributed by atoms with Gasteiger partial charge in [0.2, 0.25) is 5.95 Å². The number of nitrogens with two attached hydrogens (primary N) is 1. The summed E-state index contributed by atoms with van der Waals surface area (Å²) in [6, 6.07) is 5.80. The predicted octanol–water partition coefficient (Wildman–Crippen LogP) is 1.61. The van der Waals surface area contributed by atoms with Gasteiger partial charge in [-0.1, -0.05) is 6.07 Å². The average molecular weight is 241 g/mol. The molecule has 0 saturated carbocycles. The quantitative estimate of drug-likeness (QED) is 0.711. The summed E-state index contributed by atoms with van der Waals surface area (Å²) < 4.78 is 5.36. The topological polar surface area (TPSA) is 89.7 Å². The Hall–Kier alpha value is -2.63. The van der Waals surface area contributed by atoms with Gasteiger partial charge in [0.1, 0.15) is 11.4 Å². The maximum atomic E-state index is 5.43. The van der Waals surface area contributed by atoms with Gasteiger partial charge in [0.25, 0.3) is 0 Å². The fourth-order valence-electron chi connectivity index (χ4n) is 1.93. The molecule has 0 bridgehead atoms. The molecule has 0 aliphatic rings. The molecule has 0 radical (unpaired) electrons. The number of nitrogens with zero attached hydrogens (tertiary/aromatic N) is 3. The number of nitrogen functional groups attached to an aromatic ring is 1. The number of aromatic amines is 1. The standard InChI is InChI=1S/C12H11N5O/c1-18-10-4-2-3-8-11(10)7(5-14-8)9-6-15-12(13)17-16-9/h2-6,14H,1H3,(H2,13,15,17). The first kappa shape index (κ1) is 10.5. The molecule has 0 amide bonds. The smallest absolute Gasteiger partial charge is 0.240 e. The van der Waals surface area contributed by atoms with Gasteiger partial charge in [-0.25, -0.2) is 4.98 Å². The van der Waals surface area contributed by atoms with Gasteiger partial charge in [0, 0.05) is 17.3 Å². The van der Waals surface area contributed by atoms with Crippen LogP contribution in [0.5, 0.6) is 5.75 Å². The number of anilines is 1. The van der Waals surface area contributed by atoms with Gasteiger partial charge < -0.3 is 15.5 Å². The normalized spacial score (nSPS) is 10.7. The summed E-state index contributed by atoms with van der Waals surface area (Å²) in [7, 11) is 1.64. The second-order valence-corrected chi connectivity index (χ2v) is 3.79. The highest BCUT2D eigenvalue weighted by molar-refractivity contribution is 5.99. The number of hydrogen-bond donors (Lipinski definition) is 2. The summed E-state index contributed by atoms with van der Waals surface area (Å²) >= 11 is 0. The van der Waals surface area contributed by atoms with Gasteiger partial charge in [0.05, 0.1) is 18.7 Å². The molecule has 6 heteroatoms. The Morgan fingerprint density at radius 2 is 2.17 bits per heavy atom. The van der Waals surface area contributed by atoms with Crippen LogP contribution in [-0.4, -0.2) is 27.3 Å². The van der Waals surface area contributed by atoms with Crippen molar-refractivity contribution in [1.29, 1.82) is 0 Å². The molecule has 0 fully saturated rings. The molecule has 0 spiro atoms. The van der Waals surface area contributed by atoms with Crippen molar-refractivity contribution in [3.05, 3.63) is 30.6 Å². The molecule has 0 saturated heterocycles. The summed E-state index contributed by atoms with van der Waals surface area (Å²) in [5.41, 5.74) is 7.95. The third-order valence-corrected chi connectivity index (χ3v) is 2.74. The Morgan fingerprint density at radius 1 is 1.28 bits per heavy atom. The molecule has 1 aromatic carbocycles. The van der Waals surface area contributed by atoms with Crippen molar-refractivity contribution in [3.63, 3.8) is 0 Å². The molecule has 0 aliphatic carbocycles. The summed E-state index contributed by atoms with van der Waals surface area (Å²) in [6.45, 7) is 0. The Balaban J connectivity index is 2.26. The zero-order chi connectivity index (χ0) is 12.5. The Kier molecular flexibility index (Phi) is 2.33. The summed E-state index contributed by atoms with van der Waals surface area (Å²) in [5, 5.41) is 8.75. The van der Waals surface area contributed by atoms with E-state index in [4.69, 9.17) is 10.5 Å². The molecule has 3 aromatic rings. The Labute approximate surface area is 103 Å². The van der Waals surface area contributed by atoms with Gasteiger partial charge >= 0.3 is 0 Å². The molecule has 6 nitrogen and oxygen atoms in total. The van der Waals surface area contributed by atoms with E-state index in [1.807, 2.05) is 24.4 Å². The van der Waals surface area contributed by atoms with E-state index in [-0.39, 0.29) is 5.95 Å². The lowest BCUT2D eigenvalue weighted by molar-refractivity contribution is 0.420. The number of fused-ring (bicyclic) bond motifs is 1. The van der Waals surface area contributed by atoms with Gasteiger partial charge in [-0.05, 0) is 12.1 Å². The number of hydrogen-bond acceptors (Lipinski definition) is 5. The van der Waals surface area contributed by atoms with Crippen LogP contribution in [0.2, 0.25) is 0 Å². The third-order valence-electron chi connectivity index (χ3n) is 2.74. The van der Waals surface area contributed by atoms with Crippen LogP contribution in [0, 0.1) is 0 Å². The van der Waals surface area contributed by atoms with E-state index < -0.39 is 0 Å². The minimum atomic E-state index is 0.158. The van der Waals surface area contributed by atoms with Crippen molar-refractivity contribution < 1.29 is 4.74 Å². The highest BCUT2D eigenvalue weighted by atomic mass is 16.5. The number of rotatable bonds is 2. The van der Waals surface area contributed by atoms with E-state index in [1.54, 1.807) is 13.3 Å². The van der Waals surface area contributed by atoms with Crippen molar-refractivity contribution in [2.45, 2.75) is 0 Å². The van der Waals surface area contributed by atoms with Crippen LogP contribution in [0.4, 0.5) is 5.95 Å². The van der Waals surface area contributed by atoms with Crippen LogP contribution in [0.1, 0.15) is 0 Å². The fourth-order valence-corrected chi connectivity index (χ4v) is 1.93. The first-order valence-corrected chi connectivity index (χ1v) is 5.39. The first-order valence-electron chi connectivity index (χ1n) is 5.39. The number of benzene rings is 1. The van der Waals surface area contributed by atoms with Gasteiger partial charge in [-0.3, -0.25) is 0 Å². The second kappa shape index (κ2) is 3.99. The van der Waals surface area contributed by atoms with Crippen molar-refractivity contribution in [1.82, 2.24) is 20.2 Å². The van der Waals surface area contributed by atoms with Gasteiger partial charge in [-0.2, -0.15) is 0 Å². The first-order chi connectivity index (χ1) is 8.79. The predicted molar refractivity (Wildman–Crippen MR) is 68.1 cm³/mol. The molecular formula is C12H11N5O. The maximum absolute atomic E-state index is 5.43. The Bertz CT molecular complexity index is 689. The van der Waals surface area contributed by atoms with Crippen molar-refractivity contribution in [2.24, 2.45) is 0 Å². The van der Waals surface area contributed by atoms with Crippen LogP contribution in [0.15, 0.2) is 30.6 Å². The highest BCUT2D eigenvalue weighted by Crippen LogP contribution is 2.33. The Morgan fingerprint density at radius 3 is 2.89 bits per heavy atom. The second-order valence-electron chi connectivity index (χ2n) is 3.79. The van der Waals surface area contributed by atoms with E-state index in [0.29, 0.717) is 5.69 Å². The lowest BCUT2D eigenvalue weighted by Crippen LogP contribution is -1.97. The lowest BCUT2D eigenvalue weighted by atomic mass is 10.1. The lowest BCUT2D eigenvalue weighted by Gasteiger charge is -2.03. The molecule has 3 rings (SSSR count). The molecule has 2 aromatic heterocycles. The van der Waals surface area contributed by atoms with Crippen LogP contribution in [0.3, 0.4) is 0 Å². The third kappa shape index (κ3) is 1.55. The minimum absolute atomic E-state index is 0.158. The number of methoxy groups -OCH3 is 1. The van der Waals surface area contributed by atoms with E-state index in [0.717, 1.165) is 22.2 Å². The molecule has 0 aliphatic heterocycles. The molecule has 0 atom stereocenters. The van der Waals surface area contributed by atoms with E-state index in [9.17, 15) is 0 Å². The highest BCUT2D eigenvalue weighted by Gasteiger charge is 2.12. The number of aromatic nitrogens is 4. The van der Waals surface area contributed by atoms with E-state index in [1.165, 1.54) is 0 Å². The van der Waals surface area contributed by atoms with Crippen molar-refractivity contribution in [3.8, 4) is 17.0 Å². The van der Waals surface area contributed by atoms with E-state index >= 15 is 0 Å². The van der Waals surface area contributed by atoms with Gasteiger partial charge in [0.15, 0.2) is 0 Å². The largest absolute Gasteiger partial charge is 0.496 e. The van der Waals surface area contributed by atoms with Crippen LogP contribution >= 0.6 is 0 Å². The maximum Gasteiger partial charge on any atom is 0.240 e. The monoisotopic (exact) mass is 241 g/mol. The zero-order valence-electron chi connectivity index (χ0n) is 9.71. The number of ether oxygens (including phenoxy) is 1. The number of nitrogens with one attached hydrogen (secondary N) is 1. The molecule has 18 heavy (non-hydrogen) atoms. The fraction of sp³-hybridized carbons (Fsp3) is 0.0833. The van der Waals surface area contributed by atoms with Crippen LogP contribution in [0.25, 0.3) is 22.2 Å². The SMILES string of the molecule is COc1cccc2[nH]cc(-c3cnc(N)nn3)c12. The summed E-state index contributed by atoms with van der Waals surface area (Å²) in [4.78, 5) is 7.12. The molecular weight excluding hydrogens is 230 g/mol. The van der Waals surface area contributed by atoms with Crippen molar-refractivity contribution >= 4 is 16.9 Å². The van der Waals surface area contributed by atoms with Crippen LogP contribution < -0.4 is 10.5 Å². The van der Waals surface area contributed by atoms with E-state index in [2.05, 4.69) is 20.2 Å². The molecule has 3 N–H and O–H groups in total. The molecule has 2 heterocycles. The molecule has 0 unspecified atom stereocenters. The summed E-state index contributed by atoms with van der Waals surface area (Å²) in [6.07, 6.45) is 3.45. The molecule has 90 valence electrons. The minimum Gasteiger partial charge on any atom is -0.496 e.